The molecule has 0 N–H and O–H groups in total. The summed E-state index contributed by atoms with van der Waals surface area (Å²) < 4.78 is 13.2. The Morgan fingerprint density at radius 2 is 1.39 bits per heavy atom. The molecular formula is C22H28ClFN4O3. The molecule has 0 aromatic heterocycles. The summed E-state index contributed by atoms with van der Waals surface area (Å²) in [6.45, 7) is 4.69. The van der Waals surface area contributed by atoms with Gasteiger partial charge in [-0.2, -0.15) is 0 Å². The van der Waals surface area contributed by atoms with Crippen molar-refractivity contribution < 1.29 is 18.8 Å². The highest BCUT2D eigenvalue weighted by atomic mass is 35.5. The van der Waals surface area contributed by atoms with Crippen molar-refractivity contribution in [2.24, 2.45) is 5.92 Å². The number of benzene rings is 1. The van der Waals surface area contributed by atoms with E-state index in [0.717, 1.165) is 32.0 Å². The van der Waals surface area contributed by atoms with Crippen LogP contribution in [0.4, 0.5) is 9.18 Å². The van der Waals surface area contributed by atoms with Crippen molar-refractivity contribution in [3.8, 4) is 0 Å². The second-order valence-electron chi connectivity index (χ2n) is 8.48. The van der Waals surface area contributed by atoms with Crippen molar-refractivity contribution in [2.45, 2.75) is 25.7 Å². The van der Waals surface area contributed by atoms with E-state index in [0.29, 0.717) is 52.1 Å². The lowest BCUT2D eigenvalue weighted by atomic mass is 9.95. The smallest absolute Gasteiger partial charge is 0.319 e. The first kappa shape index (κ1) is 21.9. The summed E-state index contributed by atoms with van der Waals surface area (Å²) in [5.74, 6) is -0.687. The first-order valence-corrected chi connectivity index (χ1v) is 11.4. The fraction of sp³-hybridized carbons (Fsp3) is 0.591. The van der Waals surface area contributed by atoms with Gasteiger partial charge >= 0.3 is 6.03 Å². The lowest BCUT2D eigenvalue weighted by Gasteiger charge is -2.39. The zero-order valence-electron chi connectivity index (χ0n) is 17.6. The van der Waals surface area contributed by atoms with Gasteiger partial charge in [0.1, 0.15) is 5.82 Å². The second kappa shape index (κ2) is 9.42. The van der Waals surface area contributed by atoms with Gasteiger partial charge in [0, 0.05) is 58.3 Å². The number of rotatable bonds is 2. The lowest BCUT2D eigenvalue weighted by Crippen LogP contribution is -2.53. The predicted molar refractivity (Wildman–Crippen MR) is 114 cm³/mol. The second-order valence-corrected chi connectivity index (χ2v) is 8.89. The van der Waals surface area contributed by atoms with Crippen molar-refractivity contribution >= 4 is 29.4 Å². The molecule has 0 atom stereocenters. The van der Waals surface area contributed by atoms with E-state index in [9.17, 15) is 18.8 Å². The maximum atomic E-state index is 13.2. The molecule has 4 rings (SSSR count). The van der Waals surface area contributed by atoms with Gasteiger partial charge in [-0.25, -0.2) is 9.18 Å². The number of hydrogen-bond donors (Lipinski definition) is 0. The van der Waals surface area contributed by atoms with Crippen molar-refractivity contribution in [1.29, 1.82) is 0 Å². The summed E-state index contributed by atoms with van der Waals surface area (Å²) >= 11 is 6.02. The fourth-order valence-electron chi connectivity index (χ4n) is 4.65. The zero-order chi connectivity index (χ0) is 22.0. The van der Waals surface area contributed by atoms with Crippen molar-refractivity contribution in [1.82, 2.24) is 19.6 Å². The minimum absolute atomic E-state index is 0.0728. The number of hydrogen-bond acceptors (Lipinski definition) is 3. The SMILES string of the molecule is O=C(c1ccc(F)cc1Cl)N1CCN(C(=O)C2CCN(C(=O)N3CCCC3)CC2)CC1. The number of nitrogens with zero attached hydrogens (tertiary/aromatic N) is 4. The summed E-state index contributed by atoms with van der Waals surface area (Å²) in [6.07, 6.45) is 3.51. The first-order chi connectivity index (χ1) is 14.9. The molecule has 0 aliphatic carbocycles. The molecule has 1 aromatic carbocycles. The van der Waals surface area contributed by atoms with E-state index in [1.807, 2.05) is 14.7 Å². The fourth-order valence-corrected chi connectivity index (χ4v) is 4.90. The highest BCUT2D eigenvalue weighted by molar-refractivity contribution is 6.33. The van der Waals surface area contributed by atoms with Crippen LogP contribution in [-0.4, -0.2) is 89.8 Å². The Labute approximate surface area is 186 Å². The van der Waals surface area contributed by atoms with Crippen LogP contribution >= 0.6 is 11.6 Å². The van der Waals surface area contributed by atoms with Crippen LogP contribution < -0.4 is 0 Å². The van der Waals surface area contributed by atoms with Gasteiger partial charge in [0.05, 0.1) is 10.6 Å². The number of urea groups is 1. The molecule has 0 saturated carbocycles. The molecule has 0 radical (unpaired) electrons. The maximum Gasteiger partial charge on any atom is 0.319 e. The summed E-state index contributed by atoms with van der Waals surface area (Å²) in [5, 5.41) is 0.0961. The van der Waals surface area contributed by atoms with Gasteiger partial charge in [0.2, 0.25) is 5.91 Å². The third-order valence-corrected chi connectivity index (χ3v) is 6.84. The molecular weight excluding hydrogens is 423 g/mol. The molecule has 31 heavy (non-hydrogen) atoms. The molecule has 3 saturated heterocycles. The topological polar surface area (TPSA) is 64.2 Å². The molecule has 9 heteroatoms. The van der Waals surface area contributed by atoms with E-state index in [4.69, 9.17) is 11.6 Å². The summed E-state index contributed by atoms with van der Waals surface area (Å²) in [7, 11) is 0. The minimum Gasteiger partial charge on any atom is -0.339 e. The van der Waals surface area contributed by atoms with Crippen LogP contribution in [0, 0.1) is 11.7 Å². The van der Waals surface area contributed by atoms with E-state index in [2.05, 4.69) is 0 Å². The number of halogens is 2. The van der Waals surface area contributed by atoms with E-state index < -0.39 is 5.82 Å². The standard InChI is InChI=1S/C22H28ClFN4O3/c23-19-15-17(24)3-4-18(19)21(30)26-13-11-25(12-14-26)20(29)16-5-9-28(10-6-16)22(31)27-7-1-2-8-27/h3-4,15-16H,1-2,5-14H2. The number of piperidine rings is 1. The highest BCUT2D eigenvalue weighted by Crippen LogP contribution is 2.24. The van der Waals surface area contributed by atoms with Crippen LogP contribution in [0.1, 0.15) is 36.0 Å². The largest absolute Gasteiger partial charge is 0.339 e. The molecule has 4 amide bonds. The summed E-state index contributed by atoms with van der Waals surface area (Å²) in [6, 6.07) is 3.86. The van der Waals surface area contributed by atoms with Crippen LogP contribution in [0.15, 0.2) is 18.2 Å². The van der Waals surface area contributed by atoms with Crippen LogP contribution in [0.5, 0.6) is 0 Å². The molecule has 168 valence electrons. The van der Waals surface area contributed by atoms with E-state index >= 15 is 0 Å². The number of carbonyl (C=O) groups excluding carboxylic acids is 3. The van der Waals surface area contributed by atoms with Gasteiger partial charge in [-0.15, -0.1) is 0 Å². The Morgan fingerprint density at radius 1 is 0.806 bits per heavy atom. The molecule has 7 nitrogen and oxygen atoms in total. The number of piperazine rings is 1. The molecule has 0 bridgehead atoms. The number of amides is 4. The third kappa shape index (κ3) is 4.79. The number of likely N-dealkylation sites (tertiary alicyclic amines) is 2. The summed E-state index contributed by atoms with van der Waals surface area (Å²) in [4.78, 5) is 45.4. The quantitative estimate of drug-likeness (QED) is 0.696. The number of carbonyl (C=O) groups is 3. The van der Waals surface area contributed by atoms with Gasteiger partial charge in [-0.3, -0.25) is 9.59 Å². The highest BCUT2D eigenvalue weighted by Gasteiger charge is 2.34. The van der Waals surface area contributed by atoms with Crippen LogP contribution in [0.25, 0.3) is 0 Å². The van der Waals surface area contributed by atoms with Crippen LogP contribution in [0.2, 0.25) is 5.02 Å². The normalized spacial score (nSPS) is 20.3. The average Bonchev–Trinajstić information content (AvgIpc) is 3.33. The molecule has 3 aliphatic heterocycles. The Hall–Kier alpha value is -2.35. The molecule has 3 heterocycles. The van der Waals surface area contributed by atoms with E-state index in [1.54, 1.807) is 4.90 Å². The molecule has 3 fully saturated rings. The Balaban J connectivity index is 1.26. The monoisotopic (exact) mass is 450 g/mol. The average molecular weight is 451 g/mol. The van der Waals surface area contributed by atoms with E-state index in [1.165, 1.54) is 12.1 Å². The maximum absolute atomic E-state index is 13.2. The zero-order valence-corrected chi connectivity index (χ0v) is 18.3. The van der Waals surface area contributed by atoms with Crippen molar-refractivity contribution in [3.63, 3.8) is 0 Å². The van der Waals surface area contributed by atoms with Gasteiger partial charge in [-0.05, 0) is 43.9 Å². The van der Waals surface area contributed by atoms with Gasteiger partial charge in [-0.1, -0.05) is 11.6 Å². The Bertz CT molecular complexity index is 845. The third-order valence-electron chi connectivity index (χ3n) is 6.53. The Morgan fingerprint density at radius 3 is 2.00 bits per heavy atom. The molecule has 3 aliphatic rings. The molecule has 0 unspecified atom stereocenters. The van der Waals surface area contributed by atoms with Crippen molar-refractivity contribution in [2.75, 3.05) is 52.4 Å². The van der Waals surface area contributed by atoms with Crippen molar-refractivity contribution in [3.05, 3.63) is 34.6 Å². The lowest BCUT2D eigenvalue weighted by molar-refractivity contribution is -0.138. The van der Waals surface area contributed by atoms with Gasteiger partial charge in [0.25, 0.3) is 5.91 Å². The van der Waals surface area contributed by atoms with Crippen LogP contribution in [0.3, 0.4) is 0 Å². The summed E-state index contributed by atoms with van der Waals surface area (Å²) in [5.41, 5.74) is 0.276. The van der Waals surface area contributed by atoms with Gasteiger partial charge in [0.15, 0.2) is 0 Å². The Kier molecular flexibility index (Phi) is 6.65. The minimum atomic E-state index is -0.481. The molecule has 0 spiro atoms. The van der Waals surface area contributed by atoms with Crippen LogP contribution in [-0.2, 0) is 4.79 Å². The van der Waals surface area contributed by atoms with E-state index in [-0.39, 0.29) is 34.3 Å². The molecule has 1 aromatic rings. The predicted octanol–water partition coefficient (Wildman–Crippen LogP) is 2.69. The first-order valence-electron chi connectivity index (χ1n) is 11.0. The van der Waals surface area contributed by atoms with Gasteiger partial charge < -0.3 is 19.6 Å².